The van der Waals surface area contributed by atoms with Gasteiger partial charge in [-0.1, -0.05) is 51.1 Å². The quantitative estimate of drug-likeness (QED) is 0.690. The largest absolute Gasteiger partial charge is 0.444 e. The summed E-state index contributed by atoms with van der Waals surface area (Å²) < 4.78 is 39.5. The van der Waals surface area contributed by atoms with Crippen LogP contribution in [0.15, 0.2) is 30.3 Å². The van der Waals surface area contributed by atoms with Gasteiger partial charge in [0.05, 0.1) is 12.6 Å². The van der Waals surface area contributed by atoms with Crippen LogP contribution in [-0.2, 0) is 26.0 Å². The molecular formula is C19H30N2O5SSi. The zero-order chi connectivity index (χ0) is 20.7. The van der Waals surface area contributed by atoms with E-state index < -0.39 is 24.6 Å². The van der Waals surface area contributed by atoms with Crippen LogP contribution in [0.4, 0.5) is 4.79 Å². The molecule has 0 radical (unpaired) electrons. The zero-order valence-electron chi connectivity index (χ0n) is 17.2. The molecule has 1 aromatic carbocycles. The molecule has 28 heavy (non-hydrogen) atoms. The van der Waals surface area contributed by atoms with Crippen LogP contribution >= 0.6 is 0 Å². The van der Waals surface area contributed by atoms with Gasteiger partial charge in [0.2, 0.25) is 0 Å². The van der Waals surface area contributed by atoms with E-state index in [1.807, 2.05) is 30.3 Å². The number of rotatable bonds is 4. The van der Waals surface area contributed by atoms with E-state index in [0.717, 1.165) is 9.87 Å². The van der Waals surface area contributed by atoms with Crippen molar-refractivity contribution in [2.24, 2.45) is 0 Å². The van der Waals surface area contributed by atoms with E-state index in [-0.39, 0.29) is 30.3 Å². The van der Waals surface area contributed by atoms with Crippen molar-refractivity contribution < 1.29 is 22.4 Å². The molecule has 0 N–H and O–H groups in total. The fraction of sp³-hybridized carbons (Fsp3) is 0.632. The Morgan fingerprint density at radius 1 is 1.18 bits per heavy atom. The van der Waals surface area contributed by atoms with Gasteiger partial charge < -0.3 is 9.16 Å². The van der Waals surface area contributed by atoms with E-state index in [9.17, 15) is 13.2 Å². The average Bonchev–Trinajstić information content (AvgIpc) is 3.09. The Balaban J connectivity index is 1.62. The van der Waals surface area contributed by atoms with Gasteiger partial charge in [-0.2, -0.15) is 17.0 Å². The Kier molecular flexibility index (Phi) is 5.65. The Bertz CT molecular complexity index is 822. The molecule has 0 saturated carbocycles. The highest BCUT2D eigenvalue weighted by Crippen LogP contribution is 2.40. The highest BCUT2D eigenvalue weighted by atomic mass is 32.2. The van der Waals surface area contributed by atoms with Crippen molar-refractivity contribution in [1.29, 1.82) is 0 Å². The molecule has 0 unspecified atom stereocenters. The molecular weight excluding hydrogens is 396 g/mol. The maximum Gasteiger partial charge on any atom is 0.424 e. The lowest BCUT2D eigenvalue weighted by Gasteiger charge is -2.38. The SMILES string of the molecule is CC(C)(C)[Si](C)(C)O[C@@H]1C[C@H]2CN(C(=O)OCc3ccccc3)S(=O)(=O)N2C1. The van der Waals surface area contributed by atoms with Crippen molar-refractivity contribution in [3.63, 3.8) is 0 Å². The molecule has 2 aliphatic heterocycles. The lowest BCUT2D eigenvalue weighted by Crippen LogP contribution is -2.45. The summed E-state index contributed by atoms with van der Waals surface area (Å²) in [5.74, 6) is 0. The molecule has 1 aromatic rings. The number of hydrogen-bond acceptors (Lipinski definition) is 5. The Morgan fingerprint density at radius 3 is 2.39 bits per heavy atom. The van der Waals surface area contributed by atoms with E-state index >= 15 is 0 Å². The second-order valence-corrected chi connectivity index (χ2v) is 15.6. The highest BCUT2D eigenvalue weighted by Gasteiger charge is 2.53. The molecule has 9 heteroatoms. The topological polar surface area (TPSA) is 76.1 Å². The maximum absolute atomic E-state index is 12.8. The number of ether oxygens (including phenoxy) is 1. The first kappa shape index (κ1) is 21.3. The molecule has 0 bridgehead atoms. The normalized spacial score (nSPS) is 25.0. The molecule has 2 saturated heterocycles. The predicted molar refractivity (Wildman–Crippen MR) is 109 cm³/mol. The highest BCUT2D eigenvalue weighted by molar-refractivity contribution is 7.87. The Morgan fingerprint density at radius 2 is 1.82 bits per heavy atom. The molecule has 7 nitrogen and oxygen atoms in total. The molecule has 3 rings (SSSR count). The number of carbonyl (C=O) groups excluding carboxylic acids is 1. The van der Waals surface area contributed by atoms with Gasteiger partial charge in [0.1, 0.15) is 6.61 Å². The molecule has 2 heterocycles. The van der Waals surface area contributed by atoms with Crippen LogP contribution in [0.25, 0.3) is 0 Å². The summed E-state index contributed by atoms with van der Waals surface area (Å²) in [5, 5.41) is 0.0617. The lowest BCUT2D eigenvalue weighted by atomic mass is 10.2. The minimum absolute atomic E-state index is 0.0491. The first-order valence-corrected chi connectivity index (χ1v) is 13.9. The number of carbonyl (C=O) groups is 1. The molecule has 2 aliphatic rings. The van der Waals surface area contributed by atoms with E-state index in [2.05, 4.69) is 33.9 Å². The minimum Gasteiger partial charge on any atom is -0.444 e. The fourth-order valence-electron chi connectivity index (χ4n) is 3.34. The van der Waals surface area contributed by atoms with E-state index in [1.165, 1.54) is 4.31 Å². The van der Waals surface area contributed by atoms with Crippen molar-refractivity contribution in [1.82, 2.24) is 8.61 Å². The standard InChI is InChI=1S/C19H30N2O5SSi/c1-19(2,3)28(4,5)26-17-11-16-12-21(27(23,24)20(16)13-17)18(22)25-14-15-9-7-6-8-10-15/h6-10,16-17H,11-14H2,1-5H3/t16-,17+/m0/s1. The number of hydrogen-bond donors (Lipinski definition) is 0. The summed E-state index contributed by atoms with van der Waals surface area (Å²) in [7, 11) is -5.84. The smallest absolute Gasteiger partial charge is 0.424 e. The van der Waals surface area contributed by atoms with Crippen LogP contribution in [0.3, 0.4) is 0 Å². The van der Waals surface area contributed by atoms with E-state index in [1.54, 1.807) is 0 Å². The Labute approximate surface area is 168 Å². The second kappa shape index (κ2) is 7.44. The summed E-state index contributed by atoms with van der Waals surface area (Å²) in [4.78, 5) is 12.4. The summed E-state index contributed by atoms with van der Waals surface area (Å²) in [6, 6.07) is 8.96. The van der Waals surface area contributed by atoms with Crippen molar-refractivity contribution >= 4 is 24.6 Å². The third-order valence-corrected chi connectivity index (χ3v) is 12.4. The molecule has 2 fully saturated rings. The van der Waals surface area contributed by atoms with Crippen molar-refractivity contribution in [2.75, 3.05) is 13.1 Å². The van der Waals surface area contributed by atoms with Gasteiger partial charge in [-0.3, -0.25) is 0 Å². The number of nitrogens with zero attached hydrogens (tertiary/aromatic N) is 2. The van der Waals surface area contributed by atoms with Crippen LogP contribution in [0.2, 0.25) is 18.1 Å². The molecule has 2 atom stereocenters. The molecule has 0 aliphatic carbocycles. The summed E-state index contributed by atoms with van der Waals surface area (Å²) in [6.07, 6.45) is -0.336. The van der Waals surface area contributed by atoms with Crippen LogP contribution in [0.1, 0.15) is 32.8 Å². The minimum atomic E-state index is -3.86. The fourth-order valence-corrected chi connectivity index (χ4v) is 6.44. The van der Waals surface area contributed by atoms with E-state index in [0.29, 0.717) is 13.0 Å². The third-order valence-electron chi connectivity index (χ3n) is 5.95. The summed E-state index contributed by atoms with van der Waals surface area (Å²) >= 11 is 0. The first-order valence-electron chi connectivity index (χ1n) is 9.60. The van der Waals surface area contributed by atoms with Crippen molar-refractivity contribution in [2.45, 2.75) is 64.1 Å². The first-order chi connectivity index (χ1) is 12.9. The van der Waals surface area contributed by atoms with Gasteiger partial charge in [0.25, 0.3) is 0 Å². The lowest BCUT2D eigenvalue weighted by molar-refractivity contribution is 0.119. The van der Waals surface area contributed by atoms with Gasteiger partial charge in [-0.15, -0.1) is 0 Å². The van der Waals surface area contributed by atoms with Crippen LogP contribution in [0.5, 0.6) is 0 Å². The number of amides is 1. The van der Waals surface area contributed by atoms with Crippen molar-refractivity contribution in [3.8, 4) is 0 Å². The summed E-state index contributed by atoms with van der Waals surface area (Å²) in [6.45, 7) is 11.3. The van der Waals surface area contributed by atoms with E-state index in [4.69, 9.17) is 9.16 Å². The summed E-state index contributed by atoms with van der Waals surface area (Å²) in [5.41, 5.74) is 0.816. The van der Waals surface area contributed by atoms with Crippen LogP contribution in [-0.4, -0.2) is 56.7 Å². The van der Waals surface area contributed by atoms with Gasteiger partial charge in [0, 0.05) is 12.6 Å². The second-order valence-electron chi connectivity index (χ2n) is 9.04. The van der Waals surface area contributed by atoms with Gasteiger partial charge in [0.15, 0.2) is 8.32 Å². The Hall–Kier alpha value is -1.42. The molecule has 1 amide bonds. The maximum atomic E-state index is 12.8. The monoisotopic (exact) mass is 426 g/mol. The average molecular weight is 427 g/mol. The van der Waals surface area contributed by atoms with Gasteiger partial charge >= 0.3 is 16.3 Å². The van der Waals surface area contributed by atoms with Crippen molar-refractivity contribution in [3.05, 3.63) is 35.9 Å². The molecule has 0 spiro atoms. The zero-order valence-corrected chi connectivity index (χ0v) is 19.0. The number of benzene rings is 1. The predicted octanol–water partition coefficient (Wildman–Crippen LogP) is 3.35. The molecule has 156 valence electrons. The van der Waals surface area contributed by atoms with Gasteiger partial charge in [-0.05, 0) is 30.1 Å². The third kappa shape index (κ3) is 4.12. The van der Waals surface area contributed by atoms with Gasteiger partial charge in [-0.25, -0.2) is 4.79 Å². The number of fused-ring (bicyclic) bond motifs is 1. The molecule has 0 aromatic heterocycles. The van der Waals surface area contributed by atoms with Crippen LogP contribution < -0.4 is 0 Å². The van der Waals surface area contributed by atoms with Crippen LogP contribution in [0, 0.1) is 0 Å².